The molecule has 6 nitrogen and oxygen atoms in total. The summed E-state index contributed by atoms with van der Waals surface area (Å²) < 4.78 is 11.0. The molecular formula is C14H18N4O2. The van der Waals surface area contributed by atoms with Crippen molar-refractivity contribution in [3.8, 4) is 11.5 Å². The zero-order valence-corrected chi connectivity index (χ0v) is 11.5. The summed E-state index contributed by atoms with van der Waals surface area (Å²) in [5, 5.41) is 7.28. The van der Waals surface area contributed by atoms with E-state index in [2.05, 4.69) is 20.4 Å². The van der Waals surface area contributed by atoms with Crippen molar-refractivity contribution >= 4 is 0 Å². The summed E-state index contributed by atoms with van der Waals surface area (Å²) in [6, 6.07) is 3.87. The quantitative estimate of drug-likeness (QED) is 0.915. The van der Waals surface area contributed by atoms with Gasteiger partial charge in [-0.25, -0.2) is 0 Å². The number of pyridine rings is 1. The van der Waals surface area contributed by atoms with Gasteiger partial charge in [-0.3, -0.25) is 4.98 Å². The molecule has 0 atom stereocenters. The van der Waals surface area contributed by atoms with E-state index >= 15 is 0 Å². The highest BCUT2D eigenvalue weighted by molar-refractivity contribution is 5.52. The van der Waals surface area contributed by atoms with Gasteiger partial charge in [0.2, 0.25) is 5.82 Å². The molecule has 0 spiro atoms. The average molecular weight is 274 g/mol. The van der Waals surface area contributed by atoms with Gasteiger partial charge in [0.05, 0.1) is 6.10 Å². The van der Waals surface area contributed by atoms with Crippen LogP contribution in [-0.2, 0) is 11.3 Å². The number of hydrogen-bond donors (Lipinski definition) is 1. The third-order valence-electron chi connectivity index (χ3n) is 3.42. The van der Waals surface area contributed by atoms with Crippen molar-refractivity contribution in [3.63, 3.8) is 0 Å². The van der Waals surface area contributed by atoms with E-state index in [1.165, 1.54) is 0 Å². The van der Waals surface area contributed by atoms with Crippen molar-refractivity contribution in [3.05, 3.63) is 29.8 Å². The van der Waals surface area contributed by atoms with E-state index in [9.17, 15) is 0 Å². The standard InChI is InChI=1S/C14H18N4O2/c1-10-3-2-6-16-13(10)14-17-12(20-18-14)9-19-11-4-7-15-8-5-11/h2-3,6,11,15H,4-5,7-9H2,1H3. The molecule has 106 valence electrons. The first-order chi connectivity index (χ1) is 9.83. The predicted octanol–water partition coefficient (Wildman–Crippen LogP) is 1.71. The molecule has 1 saturated heterocycles. The molecule has 1 aliphatic rings. The number of rotatable bonds is 4. The van der Waals surface area contributed by atoms with Gasteiger partial charge in [-0.05, 0) is 44.5 Å². The maximum atomic E-state index is 5.79. The van der Waals surface area contributed by atoms with Crippen LogP contribution in [0.1, 0.15) is 24.3 Å². The van der Waals surface area contributed by atoms with Gasteiger partial charge in [0, 0.05) is 6.20 Å². The topological polar surface area (TPSA) is 73.1 Å². The number of piperidine rings is 1. The molecule has 2 aromatic rings. The van der Waals surface area contributed by atoms with Gasteiger partial charge in [-0.1, -0.05) is 11.2 Å². The predicted molar refractivity (Wildman–Crippen MR) is 72.9 cm³/mol. The van der Waals surface area contributed by atoms with Crippen LogP contribution >= 0.6 is 0 Å². The number of hydrogen-bond acceptors (Lipinski definition) is 6. The Labute approximate surface area is 117 Å². The molecule has 3 rings (SSSR count). The van der Waals surface area contributed by atoms with Crippen LogP contribution in [0, 0.1) is 6.92 Å². The van der Waals surface area contributed by atoms with Gasteiger partial charge in [0.15, 0.2) is 0 Å². The normalized spacial score (nSPS) is 16.4. The van der Waals surface area contributed by atoms with E-state index < -0.39 is 0 Å². The maximum Gasteiger partial charge on any atom is 0.253 e. The lowest BCUT2D eigenvalue weighted by atomic mass is 10.1. The molecule has 0 aromatic carbocycles. The van der Waals surface area contributed by atoms with Crippen LogP contribution in [0.25, 0.3) is 11.5 Å². The molecule has 0 saturated carbocycles. The van der Waals surface area contributed by atoms with Gasteiger partial charge >= 0.3 is 0 Å². The van der Waals surface area contributed by atoms with Crippen molar-refractivity contribution in [2.75, 3.05) is 13.1 Å². The molecular weight excluding hydrogens is 256 g/mol. The highest BCUT2D eigenvalue weighted by Gasteiger charge is 2.16. The average Bonchev–Trinajstić information content (AvgIpc) is 2.95. The minimum atomic E-state index is 0.281. The molecule has 1 N–H and O–H groups in total. The molecule has 0 aliphatic carbocycles. The number of nitrogens with zero attached hydrogens (tertiary/aromatic N) is 3. The third-order valence-corrected chi connectivity index (χ3v) is 3.42. The first-order valence-electron chi connectivity index (χ1n) is 6.90. The molecule has 0 amide bonds. The molecule has 3 heterocycles. The minimum absolute atomic E-state index is 0.281. The monoisotopic (exact) mass is 274 g/mol. The van der Waals surface area contributed by atoms with E-state index in [1.54, 1.807) is 6.20 Å². The van der Waals surface area contributed by atoms with Crippen LogP contribution < -0.4 is 5.32 Å². The Balaban J connectivity index is 1.63. The van der Waals surface area contributed by atoms with E-state index in [0.29, 0.717) is 18.3 Å². The molecule has 1 aliphatic heterocycles. The Morgan fingerprint density at radius 3 is 3.05 bits per heavy atom. The van der Waals surface area contributed by atoms with Gasteiger partial charge in [-0.15, -0.1) is 0 Å². The Kier molecular flexibility index (Phi) is 4.03. The second-order valence-electron chi connectivity index (χ2n) is 4.94. The molecule has 0 bridgehead atoms. The van der Waals surface area contributed by atoms with Crippen molar-refractivity contribution in [1.82, 2.24) is 20.4 Å². The summed E-state index contributed by atoms with van der Waals surface area (Å²) in [4.78, 5) is 8.62. The largest absolute Gasteiger partial charge is 0.368 e. The van der Waals surface area contributed by atoms with E-state index in [-0.39, 0.29) is 6.10 Å². The Morgan fingerprint density at radius 1 is 1.40 bits per heavy atom. The van der Waals surface area contributed by atoms with Crippen LogP contribution in [0.4, 0.5) is 0 Å². The van der Waals surface area contributed by atoms with Crippen LogP contribution in [-0.4, -0.2) is 34.3 Å². The molecule has 6 heteroatoms. The number of aryl methyl sites for hydroxylation is 1. The Morgan fingerprint density at radius 2 is 2.25 bits per heavy atom. The molecule has 0 radical (unpaired) electrons. The zero-order chi connectivity index (χ0) is 13.8. The van der Waals surface area contributed by atoms with Gasteiger partial charge in [0.1, 0.15) is 12.3 Å². The van der Waals surface area contributed by atoms with Crippen LogP contribution in [0.2, 0.25) is 0 Å². The number of aromatic nitrogens is 3. The minimum Gasteiger partial charge on any atom is -0.368 e. The van der Waals surface area contributed by atoms with Gasteiger partial charge in [-0.2, -0.15) is 4.98 Å². The smallest absolute Gasteiger partial charge is 0.253 e. The molecule has 1 fully saturated rings. The van der Waals surface area contributed by atoms with E-state index in [0.717, 1.165) is 37.2 Å². The van der Waals surface area contributed by atoms with Crippen LogP contribution in [0.5, 0.6) is 0 Å². The maximum absolute atomic E-state index is 5.79. The summed E-state index contributed by atoms with van der Waals surface area (Å²) >= 11 is 0. The fourth-order valence-corrected chi connectivity index (χ4v) is 2.28. The lowest BCUT2D eigenvalue weighted by molar-refractivity contribution is 0.00859. The molecule has 2 aromatic heterocycles. The summed E-state index contributed by atoms with van der Waals surface area (Å²) in [5.74, 6) is 1.02. The third kappa shape index (κ3) is 3.02. The van der Waals surface area contributed by atoms with Crippen molar-refractivity contribution < 1.29 is 9.26 Å². The summed E-state index contributed by atoms with van der Waals surface area (Å²) in [5.41, 5.74) is 1.78. The molecule has 20 heavy (non-hydrogen) atoms. The number of nitrogens with one attached hydrogen (secondary N) is 1. The summed E-state index contributed by atoms with van der Waals surface area (Å²) in [6.07, 6.45) is 4.06. The summed E-state index contributed by atoms with van der Waals surface area (Å²) in [6.45, 7) is 4.35. The van der Waals surface area contributed by atoms with Gasteiger partial charge < -0.3 is 14.6 Å². The summed E-state index contributed by atoms with van der Waals surface area (Å²) in [7, 11) is 0. The van der Waals surface area contributed by atoms with Crippen LogP contribution in [0.3, 0.4) is 0 Å². The van der Waals surface area contributed by atoms with Crippen molar-refractivity contribution in [1.29, 1.82) is 0 Å². The van der Waals surface area contributed by atoms with Gasteiger partial charge in [0.25, 0.3) is 5.89 Å². The lowest BCUT2D eigenvalue weighted by Crippen LogP contribution is -2.32. The lowest BCUT2D eigenvalue weighted by Gasteiger charge is -2.21. The first-order valence-corrected chi connectivity index (χ1v) is 6.90. The highest BCUT2D eigenvalue weighted by atomic mass is 16.5. The number of ether oxygens (including phenoxy) is 1. The molecule has 0 unspecified atom stereocenters. The van der Waals surface area contributed by atoms with Crippen molar-refractivity contribution in [2.45, 2.75) is 32.5 Å². The highest BCUT2D eigenvalue weighted by Crippen LogP contribution is 2.18. The fraction of sp³-hybridized carbons (Fsp3) is 0.500. The Hall–Kier alpha value is -1.79. The zero-order valence-electron chi connectivity index (χ0n) is 11.5. The SMILES string of the molecule is Cc1cccnc1-c1noc(COC2CCNCC2)n1. The fourth-order valence-electron chi connectivity index (χ4n) is 2.28. The van der Waals surface area contributed by atoms with E-state index in [1.807, 2.05) is 19.1 Å². The van der Waals surface area contributed by atoms with E-state index in [4.69, 9.17) is 9.26 Å². The second kappa shape index (κ2) is 6.11. The second-order valence-corrected chi connectivity index (χ2v) is 4.94. The van der Waals surface area contributed by atoms with Crippen LogP contribution in [0.15, 0.2) is 22.9 Å². The van der Waals surface area contributed by atoms with Crippen molar-refractivity contribution in [2.24, 2.45) is 0 Å². The first kappa shape index (κ1) is 13.2. The Bertz CT molecular complexity index is 564.